The summed E-state index contributed by atoms with van der Waals surface area (Å²) in [6.45, 7) is 0.891. The van der Waals surface area contributed by atoms with Gasteiger partial charge in [0.15, 0.2) is 11.6 Å². The second kappa shape index (κ2) is 16.3. The van der Waals surface area contributed by atoms with Gasteiger partial charge in [0.1, 0.15) is 5.75 Å². The molecule has 0 bridgehead atoms. The number of azide groups is 1. The van der Waals surface area contributed by atoms with Crippen molar-refractivity contribution >= 4 is 35.0 Å². The highest BCUT2D eigenvalue weighted by molar-refractivity contribution is 6.35. The van der Waals surface area contributed by atoms with Crippen LogP contribution in [0.4, 0.5) is 0 Å². The fraction of sp³-hybridized carbons (Fsp3) is 0.257. The number of hydrogen-bond donors (Lipinski definition) is 3. The largest absolute Gasteiger partial charge is 0.494 e. The fourth-order valence-electron chi connectivity index (χ4n) is 5.38. The van der Waals surface area contributed by atoms with Crippen molar-refractivity contribution in [2.24, 2.45) is 10.1 Å². The van der Waals surface area contributed by atoms with E-state index in [-0.39, 0.29) is 25.5 Å². The Labute approximate surface area is 282 Å². The quantitative estimate of drug-likeness (QED) is 0.0413. The number of nitrogens with zero attached hydrogens (tertiary/aromatic N) is 4. The minimum absolute atomic E-state index is 0.0422. The number of halogens is 2. The molecule has 0 saturated heterocycles. The molecule has 0 unspecified atom stereocenters. The van der Waals surface area contributed by atoms with Crippen molar-refractivity contribution in [3.05, 3.63) is 145 Å². The van der Waals surface area contributed by atoms with Crippen LogP contribution in [0.25, 0.3) is 10.4 Å². The standard InChI is InChI=1S/C35H34Cl2N6O4/c36-28-14-11-25(31(37)21-28)17-18-39-42-34(45)35(22-24-7-2-1-3-8-24)32(30-10-5-4-9-27(30)23-40-43-38)47-33(41-35)26-12-15-29(16-13-26)46-20-6-19-44/h1-5,7-16,21,32,39,44H,6,17-20,22-23H2,(H,42,45)/t32-,35-/m0/s1. The van der Waals surface area contributed by atoms with Gasteiger partial charge in [-0.3, -0.25) is 10.2 Å². The number of carbonyl (C=O) groups excluding carboxylic acids is 1. The van der Waals surface area contributed by atoms with Crippen LogP contribution in [0.2, 0.25) is 10.0 Å². The lowest BCUT2D eigenvalue weighted by molar-refractivity contribution is -0.130. The molecule has 12 heteroatoms. The first kappa shape index (κ1) is 33.8. The predicted octanol–water partition coefficient (Wildman–Crippen LogP) is 6.93. The summed E-state index contributed by atoms with van der Waals surface area (Å²) in [4.78, 5) is 22.5. The first-order chi connectivity index (χ1) is 22.9. The first-order valence-corrected chi connectivity index (χ1v) is 15.9. The van der Waals surface area contributed by atoms with E-state index in [2.05, 4.69) is 20.9 Å². The van der Waals surface area contributed by atoms with Crippen molar-refractivity contribution in [2.75, 3.05) is 19.8 Å². The summed E-state index contributed by atoms with van der Waals surface area (Å²) in [5.74, 6) is 0.524. The number of rotatable bonds is 15. The van der Waals surface area contributed by atoms with E-state index in [4.69, 9.17) is 48.3 Å². The maximum Gasteiger partial charge on any atom is 0.266 e. The third-order valence-electron chi connectivity index (χ3n) is 7.72. The Morgan fingerprint density at radius 3 is 2.53 bits per heavy atom. The Hall–Kier alpha value is -4.57. The fourth-order valence-corrected chi connectivity index (χ4v) is 5.88. The molecule has 1 amide bonds. The van der Waals surface area contributed by atoms with Crippen LogP contribution < -0.4 is 15.6 Å². The predicted molar refractivity (Wildman–Crippen MR) is 182 cm³/mol. The molecule has 5 rings (SSSR count). The van der Waals surface area contributed by atoms with Gasteiger partial charge in [-0.05, 0) is 70.6 Å². The van der Waals surface area contributed by atoms with Crippen LogP contribution in [0.15, 0.2) is 107 Å². The molecule has 1 aliphatic rings. The Morgan fingerprint density at radius 1 is 1.02 bits per heavy atom. The second-order valence-electron chi connectivity index (χ2n) is 10.9. The number of hydrazine groups is 1. The van der Waals surface area contributed by atoms with E-state index >= 15 is 0 Å². The average Bonchev–Trinajstić information content (AvgIpc) is 3.47. The molecule has 1 aliphatic heterocycles. The number of benzene rings is 4. The lowest BCUT2D eigenvalue weighted by Gasteiger charge is -2.31. The number of ether oxygens (including phenoxy) is 2. The van der Waals surface area contributed by atoms with Gasteiger partial charge in [-0.2, -0.15) is 0 Å². The molecule has 0 radical (unpaired) electrons. The topological polar surface area (TPSA) is 141 Å². The number of hydrogen-bond acceptors (Lipinski definition) is 7. The van der Waals surface area contributed by atoms with E-state index in [1.165, 1.54) is 0 Å². The van der Waals surface area contributed by atoms with E-state index in [0.29, 0.717) is 52.9 Å². The normalized spacial score (nSPS) is 16.9. The van der Waals surface area contributed by atoms with E-state index in [1.807, 2.05) is 72.8 Å². The van der Waals surface area contributed by atoms with E-state index in [1.54, 1.807) is 24.3 Å². The van der Waals surface area contributed by atoms with Gasteiger partial charge < -0.3 is 14.6 Å². The highest BCUT2D eigenvalue weighted by Gasteiger charge is 2.53. The van der Waals surface area contributed by atoms with Crippen molar-refractivity contribution in [3.8, 4) is 5.75 Å². The zero-order valence-electron chi connectivity index (χ0n) is 25.5. The molecule has 0 spiro atoms. The molecule has 0 fully saturated rings. The number of aliphatic imine (C=N–C) groups is 1. The summed E-state index contributed by atoms with van der Waals surface area (Å²) in [5, 5.41) is 14.0. The van der Waals surface area contributed by atoms with E-state index < -0.39 is 17.6 Å². The van der Waals surface area contributed by atoms with Crippen LogP contribution in [0, 0.1) is 0 Å². The number of aliphatic hydroxyl groups excluding tert-OH is 1. The van der Waals surface area contributed by atoms with Crippen molar-refractivity contribution < 1.29 is 19.4 Å². The first-order valence-electron chi connectivity index (χ1n) is 15.1. The monoisotopic (exact) mass is 672 g/mol. The molecule has 0 saturated carbocycles. The molecule has 2 atom stereocenters. The Bertz CT molecular complexity index is 1750. The minimum Gasteiger partial charge on any atom is -0.494 e. The zero-order valence-corrected chi connectivity index (χ0v) is 27.0. The molecule has 3 N–H and O–H groups in total. The average molecular weight is 674 g/mol. The Balaban J connectivity index is 1.51. The minimum atomic E-state index is -1.45. The number of aliphatic hydroxyl groups is 1. The SMILES string of the molecule is [N-]=[N+]=NCc1ccccc1[C@@H]1OC(c2ccc(OCCCO)cc2)=N[C@]1(Cc1ccccc1)C(=O)NNCCc1ccc(Cl)cc1Cl. The summed E-state index contributed by atoms with van der Waals surface area (Å²) in [7, 11) is 0. The second-order valence-corrected chi connectivity index (χ2v) is 11.7. The van der Waals surface area contributed by atoms with Gasteiger partial charge in [-0.25, -0.2) is 10.4 Å². The molecule has 0 aromatic heterocycles. The highest BCUT2D eigenvalue weighted by Crippen LogP contribution is 2.43. The summed E-state index contributed by atoms with van der Waals surface area (Å²) in [6, 6.07) is 29.6. The van der Waals surface area contributed by atoms with Crippen molar-refractivity contribution in [1.29, 1.82) is 0 Å². The Morgan fingerprint density at radius 2 is 1.79 bits per heavy atom. The summed E-state index contributed by atoms with van der Waals surface area (Å²) in [5.41, 5.74) is 17.4. The molecular formula is C35H34Cl2N6O4. The number of carbonyl (C=O) groups is 1. The maximum absolute atomic E-state index is 14.5. The summed E-state index contributed by atoms with van der Waals surface area (Å²) in [6.07, 6.45) is 0.414. The lowest BCUT2D eigenvalue weighted by Crippen LogP contribution is -2.54. The lowest BCUT2D eigenvalue weighted by atomic mass is 9.81. The zero-order chi connectivity index (χ0) is 33.1. The molecule has 4 aromatic rings. The summed E-state index contributed by atoms with van der Waals surface area (Å²) < 4.78 is 12.3. The van der Waals surface area contributed by atoms with Gasteiger partial charge in [-0.15, -0.1) is 0 Å². The van der Waals surface area contributed by atoms with Gasteiger partial charge in [0, 0.05) is 46.5 Å². The van der Waals surface area contributed by atoms with E-state index in [9.17, 15) is 4.79 Å². The van der Waals surface area contributed by atoms with Crippen molar-refractivity contribution in [3.63, 3.8) is 0 Å². The molecule has 242 valence electrons. The molecule has 1 heterocycles. The molecule has 4 aromatic carbocycles. The highest BCUT2D eigenvalue weighted by atomic mass is 35.5. The van der Waals surface area contributed by atoms with E-state index in [0.717, 1.165) is 16.7 Å². The van der Waals surface area contributed by atoms with Crippen molar-refractivity contribution in [2.45, 2.75) is 37.5 Å². The van der Waals surface area contributed by atoms with Crippen LogP contribution in [0.5, 0.6) is 5.75 Å². The number of nitrogens with one attached hydrogen (secondary N) is 2. The van der Waals surface area contributed by atoms with Crippen LogP contribution >= 0.6 is 23.2 Å². The van der Waals surface area contributed by atoms with Gasteiger partial charge in [0.05, 0.1) is 13.2 Å². The summed E-state index contributed by atoms with van der Waals surface area (Å²) >= 11 is 12.4. The van der Waals surface area contributed by atoms with Gasteiger partial charge in [-0.1, -0.05) is 89.0 Å². The van der Waals surface area contributed by atoms with Crippen LogP contribution in [0.3, 0.4) is 0 Å². The molecule has 10 nitrogen and oxygen atoms in total. The Kier molecular flexibility index (Phi) is 11.7. The molecular weight excluding hydrogens is 639 g/mol. The molecule has 47 heavy (non-hydrogen) atoms. The van der Waals surface area contributed by atoms with Crippen molar-refractivity contribution in [1.82, 2.24) is 10.9 Å². The van der Waals surface area contributed by atoms with Gasteiger partial charge >= 0.3 is 0 Å². The van der Waals surface area contributed by atoms with Crippen LogP contribution in [0.1, 0.15) is 40.3 Å². The third-order valence-corrected chi connectivity index (χ3v) is 8.31. The molecule has 0 aliphatic carbocycles. The smallest absolute Gasteiger partial charge is 0.266 e. The van der Waals surface area contributed by atoms with Gasteiger partial charge in [0.25, 0.3) is 5.91 Å². The third kappa shape index (κ3) is 8.43. The van der Waals surface area contributed by atoms with Crippen LogP contribution in [-0.4, -0.2) is 42.2 Å². The van der Waals surface area contributed by atoms with Gasteiger partial charge in [0.2, 0.25) is 5.90 Å². The van der Waals surface area contributed by atoms with Crippen LogP contribution in [-0.2, 0) is 28.9 Å². The maximum atomic E-state index is 14.5. The number of amides is 1.